The molecule has 5 amide bonds. The van der Waals surface area contributed by atoms with Crippen LogP contribution in [0.2, 0.25) is 0 Å². The van der Waals surface area contributed by atoms with E-state index in [1.54, 1.807) is 0 Å². The van der Waals surface area contributed by atoms with Crippen molar-refractivity contribution in [2.45, 2.75) is 186 Å². The molecule has 0 spiro atoms. The van der Waals surface area contributed by atoms with E-state index in [2.05, 4.69) is 190 Å². The first kappa shape index (κ1) is 86.2. The zero-order valence-corrected chi connectivity index (χ0v) is 71.0. The van der Waals surface area contributed by atoms with Gasteiger partial charge in [-0.05, 0) is 198 Å². The Morgan fingerprint density at radius 3 is 0.966 bits per heavy atom. The van der Waals surface area contributed by atoms with Gasteiger partial charge >= 0.3 is 0 Å². The predicted molar refractivity (Wildman–Crippen MR) is 465 cm³/mol. The maximum absolute atomic E-state index is 12.4. The van der Waals surface area contributed by atoms with E-state index in [0.29, 0.717) is 36.7 Å². The van der Waals surface area contributed by atoms with Gasteiger partial charge in [-0.25, -0.2) is 0 Å². The second kappa shape index (κ2) is 40.4. The molecule has 0 unspecified atom stereocenters. The van der Waals surface area contributed by atoms with Gasteiger partial charge in [-0.1, -0.05) is 52.6 Å². The largest absolute Gasteiger partial charge is 0.381 e. The third-order valence-corrected chi connectivity index (χ3v) is 25.6. The van der Waals surface area contributed by atoms with E-state index in [9.17, 15) is 24.0 Å². The maximum Gasteiger partial charge on any atom is 0.239 e. The number of nitrogens with two attached hydrogens (primary N) is 1. The summed E-state index contributed by atoms with van der Waals surface area (Å²) in [7, 11) is 7.67. The van der Waals surface area contributed by atoms with E-state index < -0.39 is 0 Å². The minimum Gasteiger partial charge on any atom is -0.381 e. The quantitative estimate of drug-likeness (QED) is 0.0163. The van der Waals surface area contributed by atoms with Gasteiger partial charge < -0.3 is 57.7 Å². The number of nitrogens with zero attached hydrogens (tertiary/aromatic N) is 13. The molecule has 4 saturated carbocycles. The number of anilines is 4. The minimum absolute atomic E-state index is 0.00398. The van der Waals surface area contributed by atoms with Crippen LogP contribution in [-0.4, -0.2) is 242 Å². The highest BCUT2D eigenvalue weighted by molar-refractivity contribution is 5.96. The number of hydrogen-bond acceptors (Lipinski definition) is 20. The van der Waals surface area contributed by atoms with Crippen LogP contribution in [0.15, 0.2) is 85.5 Å². The Balaban J connectivity index is 0.000000136. The fourth-order valence-electron chi connectivity index (χ4n) is 18.7. The smallest absolute Gasteiger partial charge is 0.239 e. The summed E-state index contributed by atoms with van der Waals surface area (Å²) in [5, 5.41) is 56.5. The van der Waals surface area contributed by atoms with Crippen LogP contribution in [0.1, 0.15) is 132 Å². The standard InChI is InChI=1S/C24H35N5O2.C23H35N5O2.C21H30N6O2.C21H28N6O/c1-4-11-31-16-18-6-8-20(9-7-18)29-14-19(15-29)26-23(30)13-25-24-21-12-17(2)5-10-22(21)28(3)27-24;1-4-30-15-17-6-8-19(9-7-17)28-13-18(14-28)25-22(29)12-24-23-20-11-16(2)5-10-21(20)27(3)26-23;1-13-3-8-18-17(9-13)21(25-26(18)2)23-10-19(28)24-15-11-27(12-15)16-6-4-14(5-7-16)20(22)29;1-14-3-8-19-18(9-14)21(25-26(19)2)23-11-20(28)24-16-12-27(13-16)17-6-4-15(10-22)5-7-17/h4-5,10,12,18-20H,1,6-9,11,13-16H2,2-3H3,(H,25,27)(H,26,30);5,10-11,17-19H,4,6-9,12-15H2,1-3H3,(H,24,26)(H,25,29);3,8-9,14-16H,4-7,10-12H2,1-2H3,(H2,22,29)(H,23,25)(H,24,28);3,8-9,15-17H,4-7,11-13H2,1-2H3,(H,23,25)(H,24,28). The average Bonchev–Trinajstić information content (AvgIpc) is 1.60. The molecule has 0 atom stereocenters. The minimum atomic E-state index is -0.166. The van der Waals surface area contributed by atoms with Crippen molar-refractivity contribution < 1.29 is 33.4 Å². The van der Waals surface area contributed by atoms with Crippen molar-refractivity contribution in [2.75, 3.05) is 126 Å². The summed E-state index contributed by atoms with van der Waals surface area (Å²) in [4.78, 5) is 70.7. The summed E-state index contributed by atoms with van der Waals surface area (Å²) in [6, 6.07) is 30.7. The first-order valence-corrected chi connectivity index (χ1v) is 43.3. The summed E-state index contributed by atoms with van der Waals surface area (Å²) in [5.74, 6) is 4.61. The number of ether oxygens (including phenoxy) is 2. The van der Waals surface area contributed by atoms with Crippen LogP contribution < -0.4 is 48.3 Å². The Morgan fingerprint density at radius 1 is 0.432 bits per heavy atom. The molecule has 4 aliphatic heterocycles. The lowest BCUT2D eigenvalue weighted by Crippen LogP contribution is -2.63. The van der Waals surface area contributed by atoms with Crippen molar-refractivity contribution in [2.24, 2.45) is 57.6 Å². The molecule has 10 N–H and O–H groups in total. The Kier molecular flexibility index (Phi) is 29.5. The van der Waals surface area contributed by atoms with E-state index in [-0.39, 0.29) is 91.7 Å². The molecule has 118 heavy (non-hydrogen) atoms. The van der Waals surface area contributed by atoms with Crippen LogP contribution in [0.3, 0.4) is 0 Å². The number of nitrogens with one attached hydrogen (secondary N) is 8. The van der Waals surface area contributed by atoms with Gasteiger partial charge in [0.05, 0.1) is 85.1 Å². The number of carbonyl (C=O) groups is 5. The zero-order chi connectivity index (χ0) is 83.1. The van der Waals surface area contributed by atoms with Crippen LogP contribution in [0.4, 0.5) is 23.3 Å². The molecule has 4 aliphatic carbocycles. The lowest BCUT2D eigenvalue weighted by atomic mass is 9.83. The number of benzene rings is 4. The van der Waals surface area contributed by atoms with Gasteiger partial charge in [0.25, 0.3) is 0 Å². The van der Waals surface area contributed by atoms with Gasteiger partial charge in [0.15, 0.2) is 23.3 Å². The third kappa shape index (κ3) is 22.4. The van der Waals surface area contributed by atoms with Crippen molar-refractivity contribution in [1.82, 2.24) is 80.0 Å². The lowest BCUT2D eigenvalue weighted by Gasteiger charge is -2.46. The summed E-state index contributed by atoms with van der Waals surface area (Å²) in [6.07, 6.45) is 19.8. The van der Waals surface area contributed by atoms with Gasteiger partial charge in [-0.3, -0.25) is 62.3 Å². The fourth-order valence-corrected chi connectivity index (χ4v) is 18.7. The van der Waals surface area contributed by atoms with Crippen molar-refractivity contribution in [1.29, 1.82) is 5.26 Å². The number of fused-ring (bicyclic) bond motifs is 4. The second-order valence-corrected chi connectivity index (χ2v) is 34.6. The number of aromatic nitrogens is 8. The summed E-state index contributed by atoms with van der Waals surface area (Å²) >= 11 is 0. The SMILES string of the molecule is C=CCOCC1CCC(N2CC(NC(=O)CNc3nn(C)c4ccc(C)cc34)C2)CC1.CCOCC1CCC(N2CC(NC(=O)CNc3nn(C)c4ccc(C)cc34)C2)CC1.Cc1ccc2c(c1)c(NCC(=O)NC1CN(C3CCC(C#N)CC3)C1)nn2C.Cc1ccc2c(c1)c(NCC(=O)NC1CN(C3CCC(C(N)=O)CC3)C1)nn2C. The summed E-state index contributed by atoms with van der Waals surface area (Å²) in [6.45, 7) is 25.6. The summed E-state index contributed by atoms with van der Waals surface area (Å²) in [5.41, 5.74) is 14.3. The first-order chi connectivity index (χ1) is 57.0. The lowest BCUT2D eigenvalue weighted by molar-refractivity contribution is -0.124. The number of carbonyl (C=O) groups excluding carboxylic acids is 5. The Bertz CT molecular complexity index is 4770. The molecule has 29 nitrogen and oxygen atoms in total. The molecule has 0 bridgehead atoms. The molecule has 8 fully saturated rings. The van der Waals surface area contributed by atoms with Crippen LogP contribution in [0.5, 0.6) is 0 Å². The fraction of sp³-hybridized carbons (Fsp3) is 0.596. The van der Waals surface area contributed by atoms with Gasteiger partial charge in [0.1, 0.15) is 0 Å². The highest BCUT2D eigenvalue weighted by Gasteiger charge is 2.40. The van der Waals surface area contributed by atoms with Gasteiger partial charge in [0.2, 0.25) is 29.5 Å². The van der Waals surface area contributed by atoms with Gasteiger partial charge in [-0.15, -0.1) is 6.58 Å². The molecule has 29 heteroatoms. The molecule has 4 aromatic carbocycles. The molecule has 8 aliphatic rings. The van der Waals surface area contributed by atoms with Crippen molar-refractivity contribution in [3.8, 4) is 6.07 Å². The van der Waals surface area contributed by atoms with Crippen LogP contribution in [0, 0.1) is 62.7 Å². The Morgan fingerprint density at radius 2 is 0.703 bits per heavy atom. The first-order valence-electron chi connectivity index (χ1n) is 43.3. The number of aryl methyl sites for hydroxylation is 8. The normalized spacial score (nSPS) is 22.8. The second-order valence-electron chi connectivity index (χ2n) is 34.6. The molecular formula is C89H128N22O7. The zero-order valence-electron chi connectivity index (χ0n) is 71.0. The predicted octanol–water partition coefficient (Wildman–Crippen LogP) is 8.86. The Labute approximate surface area is 695 Å². The van der Waals surface area contributed by atoms with Crippen LogP contribution >= 0.6 is 0 Å². The van der Waals surface area contributed by atoms with E-state index >= 15 is 0 Å². The van der Waals surface area contributed by atoms with Crippen LogP contribution in [0.25, 0.3) is 43.6 Å². The van der Waals surface area contributed by atoms with Crippen molar-refractivity contribution >= 4 is 96.4 Å². The number of primary amides is 1. The monoisotopic (exact) mass is 1620 g/mol. The number of amides is 5. The third-order valence-electron chi connectivity index (χ3n) is 25.6. The molecule has 8 heterocycles. The van der Waals surface area contributed by atoms with E-state index in [0.717, 1.165) is 202 Å². The van der Waals surface area contributed by atoms with Crippen molar-refractivity contribution in [3.63, 3.8) is 0 Å². The molecule has 0 radical (unpaired) electrons. The molecular weight excluding hydrogens is 1490 g/mol. The number of nitriles is 1. The maximum atomic E-state index is 12.4. The van der Waals surface area contributed by atoms with E-state index in [1.807, 2.05) is 66.0 Å². The molecule has 636 valence electrons. The van der Waals surface area contributed by atoms with Crippen LogP contribution in [-0.2, 0) is 61.6 Å². The van der Waals surface area contributed by atoms with E-state index in [1.165, 1.54) is 68.1 Å². The number of likely N-dealkylation sites (tertiary alicyclic amines) is 4. The van der Waals surface area contributed by atoms with E-state index in [4.69, 9.17) is 20.5 Å². The average molecular weight is 1620 g/mol. The topological polar surface area (TPSA) is 334 Å². The van der Waals surface area contributed by atoms with Gasteiger partial charge in [0, 0.05) is 158 Å². The highest BCUT2D eigenvalue weighted by Crippen LogP contribution is 2.36. The molecule has 16 rings (SSSR count). The van der Waals surface area contributed by atoms with Gasteiger partial charge in [-0.2, -0.15) is 25.7 Å². The highest BCUT2D eigenvalue weighted by atomic mass is 16.5. The van der Waals surface area contributed by atoms with Crippen molar-refractivity contribution in [3.05, 3.63) is 108 Å². The number of hydrogen-bond donors (Lipinski definition) is 9. The molecule has 4 saturated heterocycles. The number of rotatable bonds is 28. The molecule has 8 aromatic rings. The Hall–Kier alpha value is -9.70. The summed E-state index contributed by atoms with van der Waals surface area (Å²) < 4.78 is 18.6. The molecule has 4 aromatic heterocycles.